The highest BCUT2D eigenvalue weighted by Gasteiger charge is 2.11. The molecule has 0 unspecified atom stereocenters. The van der Waals surface area contributed by atoms with Gasteiger partial charge in [-0.1, -0.05) is 6.42 Å². The Balaban J connectivity index is 2.23. The molecule has 0 fully saturated rings. The Hall–Kier alpha value is -2.02. The first-order valence-corrected chi connectivity index (χ1v) is 9.26. The molecule has 12 heteroatoms. The number of rotatable bonds is 12. The lowest BCUT2D eigenvalue weighted by molar-refractivity contribution is -0.116. The average molecular weight is 376 g/mol. The average Bonchev–Trinajstić information content (AvgIpc) is 2.98. The van der Waals surface area contributed by atoms with Crippen LogP contribution in [0.4, 0.5) is 5.95 Å². The maximum Gasteiger partial charge on any atom is 0.274 e. The van der Waals surface area contributed by atoms with Crippen LogP contribution in [0.25, 0.3) is 0 Å². The summed E-state index contributed by atoms with van der Waals surface area (Å²) in [7, 11) is -2.13. The Morgan fingerprint density at radius 1 is 1.28 bits per heavy atom. The van der Waals surface area contributed by atoms with Crippen molar-refractivity contribution in [3.05, 3.63) is 11.9 Å². The van der Waals surface area contributed by atoms with E-state index in [1.54, 1.807) is 0 Å². The van der Waals surface area contributed by atoms with Gasteiger partial charge in [-0.25, -0.2) is 14.8 Å². The second-order valence-electron chi connectivity index (χ2n) is 5.19. The van der Waals surface area contributed by atoms with E-state index in [2.05, 4.69) is 25.3 Å². The van der Waals surface area contributed by atoms with Crippen LogP contribution in [0.3, 0.4) is 0 Å². The van der Waals surface area contributed by atoms with Crippen molar-refractivity contribution in [1.29, 1.82) is 0 Å². The lowest BCUT2D eigenvalue weighted by atomic mass is 10.2. The quantitative estimate of drug-likeness (QED) is 0.295. The van der Waals surface area contributed by atoms with Crippen molar-refractivity contribution in [2.45, 2.75) is 25.7 Å². The highest BCUT2D eigenvalue weighted by atomic mass is 32.2. The Bertz CT molecular complexity index is 660. The van der Waals surface area contributed by atoms with Crippen molar-refractivity contribution >= 4 is 28.0 Å². The van der Waals surface area contributed by atoms with Crippen LogP contribution in [0.1, 0.15) is 36.2 Å². The van der Waals surface area contributed by atoms with Gasteiger partial charge in [0.15, 0.2) is 0 Å². The van der Waals surface area contributed by atoms with Crippen LogP contribution in [0.2, 0.25) is 0 Å². The molecule has 2 amide bonds. The van der Waals surface area contributed by atoms with Crippen LogP contribution in [-0.4, -0.2) is 57.0 Å². The fourth-order valence-corrected chi connectivity index (χ4v) is 2.29. The molecule has 0 radical (unpaired) electrons. The summed E-state index contributed by atoms with van der Waals surface area (Å²) in [5.41, 5.74) is 0.237. The van der Waals surface area contributed by atoms with Gasteiger partial charge in [0.2, 0.25) is 11.9 Å². The fourth-order valence-electron chi connectivity index (χ4n) is 1.86. The first kappa shape index (κ1) is 21.0. The number of aromatic amines is 1. The maximum absolute atomic E-state index is 11.8. The highest BCUT2D eigenvalue weighted by molar-refractivity contribution is 7.87. The molecule has 0 aliphatic carbocycles. The summed E-state index contributed by atoms with van der Waals surface area (Å²) >= 11 is 0. The number of aromatic nitrogens is 2. The number of hydrogen-bond donors (Lipinski definition) is 5. The van der Waals surface area contributed by atoms with E-state index in [9.17, 15) is 18.0 Å². The van der Waals surface area contributed by atoms with Gasteiger partial charge in [0.05, 0.1) is 12.8 Å². The number of imidazole rings is 1. The van der Waals surface area contributed by atoms with Gasteiger partial charge in [-0.05, 0) is 12.8 Å². The zero-order valence-electron chi connectivity index (χ0n) is 14.0. The van der Waals surface area contributed by atoms with Gasteiger partial charge in [0.1, 0.15) is 5.69 Å². The minimum atomic E-state index is -3.66. The van der Waals surface area contributed by atoms with Crippen molar-refractivity contribution in [3.63, 3.8) is 0 Å². The predicted molar refractivity (Wildman–Crippen MR) is 91.0 cm³/mol. The first-order valence-electron chi connectivity index (χ1n) is 7.71. The summed E-state index contributed by atoms with van der Waals surface area (Å²) in [5, 5.41) is 9.98. The Morgan fingerprint density at radius 2 is 2.04 bits per heavy atom. The lowest BCUT2D eigenvalue weighted by Gasteiger charge is -2.04. The minimum Gasteiger partial charge on any atom is -0.383 e. The normalized spacial score (nSPS) is 11.3. The molecule has 142 valence electrons. The van der Waals surface area contributed by atoms with E-state index in [1.807, 2.05) is 0 Å². The van der Waals surface area contributed by atoms with Crippen LogP contribution in [0.15, 0.2) is 6.20 Å². The smallest absolute Gasteiger partial charge is 0.274 e. The topological polar surface area (TPSA) is 168 Å². The van der Waals surface area contributed by atoms with Crippen molar-refractivity contribution in [1.82, 2.24) is 20.0 Å². The van der Waals surface area contributed by atoms with Gasteiger partial charge >= 0.3 is 0 Å². The fraction of sp³-hybridized carbons (Fsp3) is 0.615. The number of carbonyl (C=O) groups excluding carboxylic acids is 2. The van der Waals surface area contributed by atoms with Crippen molar-refractivity contribution in [3.8, 4) is 0 Å². The van der Waals surface area contributed by atoms with Gasteiger partial charge in [-0.15, -0.1) is 0 Å². The number of ether oxygens (including phenoxy) is 1. The minimum absolute atomic E-state index is 0.192. The van der Waals surface area contributed by atoms with Crippen molar-refractivity contribution in [2.75, 3.05) is 32.1 Å². The molecule has 0 aliphatic rings. The number of methoxy groups -OCH3 is 1. The Labute approximate surface area is 146 Å². The van der Waals surface area contributed by atoms with Gasteiger partial charge in [-0.2, -0.15) is 8.42 Å². The summed E-state index contributed by atoms with van der Waals surface area (Å²) in [4.78, 5) is 30.2. The van der Waals surface area contributed by atoms with Gasteiger partial charge in [0, 0.05) is 26.6 Å². The number of nitrogens with one attached hydrogen (secondary N) is 4. The molecule has 1 heterocycles. The summed E-state index contributed by atoms with van der Waals surface area (Å²) < 4.78 is 28.3. The van der Waals surface area contributed by atoms with Crippen molar-refractivity contribution in [2.24, 2.45) is 5.14 Å². The lowest BCUT2D eigenvalue weighted by Crippen LogP contribution is -2.31. The monoisotopic (exact) mass is 376 g/mol. The molecular weight excluding hydrogens is 352 g/mol. The molecule has 6 N–H and O–H groups in total. The molecule has 1 aromatic rings. The van der Waals surface area contributed by atoms with E-state index in [0.717, 1.165) is 0 Å². The number of anilines is 1. The molecule has 25 heavy (non-hydrogen) atoms. The molecule has 0 saturated carbocycles. The Kier molecular flexibility index (Phi) is 9.05. The SMILES string of the molecule is COCCNC(=O)c1cnc(NC(=O)CCCCCNS(N)(=O)=O)[nH]1. The molecule has 0 aromatic carbocycles. The number of carbonyl (C=O) groups is 2. The number of unbranched alkanes of at least 4 members (excludes halogenated alkanes) is 2. The predicted octanol–water partition coefficient (Wildman–Crippen LogP) is -0.922. The van der Waals surface area contributed by atoms with E-state index in [0.29, 0.717) is 32.4 Å². The standard InChI is InChI=1S/C13H24N6O5S/c1-24-8-7-15-12(21)10-9-16-13(18-10)19-11(20)5-3-2-4-6-17-25(14,22)23/h9,17H,2-8H2,1H3,(H,15,21)(H2,14,22,23)(H2,16,18,19,20). The number of hydrogen-bond acceptors (Lipinski definition) is 6. The molecule has 11 nitrogen and oxygen atoms in total. The van der Waals surface area contributed by atoms with E-state index in [4.69, 9.17) is 9.88 Å². The van der Waals surface area contributed by atoms with Crippen LogP contribution < -0.4 is 20.5 Å². The summed E-state index contributed by atoms with van der Waals surface area (Å²) in [6.07, 6.45) is 3.42. The second kappa shape index (κ2) is 10.8. The highest BCUT2D eigenvalue weighted by Crippen LogP contribution is 2.05. The molecule has 0 bridgehead atoms. The van der Waals surface area contributed by atoms with Crippen LogP contribution in [0.5, 0.6) is 0 Å². The molecular formula is C13H24N6O5S. The number of amides is 2. The first-order chi connectivity index (χ1) is 11.8. The molecule has 0 spiro atoms. The maximum atomic E-state index is 11.8. The van der Waals surface area contributed by atoms with Crippen LogP contribution >= 0.6 is 0 Å². The summed E-state index contributed by atoms with van der Waals surface area (Å²) in [6.45, 7) is 1.01. The number of nitrogens with two attached hydrogens (primary N) is 1. The van der Waals surface area contributed by atoms with E-state index < -0.39 is 10.2 Å². The Morgan fingerprint density at radius 3 is 2.72 bits per heavy atom. The molecule has 1 rings (SSSR count). The van der Waals surface area contributed by atoms with E-state index >= 15 is 0 Å². The summed E-state index contributed by atoms with van der Waals surface area (Å²) in [5.74, 6) is -0.398. The molecule has 0 saturated heterocycles. The molecule has 0 aliphatic heterocycles. The molecule has 1 aromatic heterocycles. The zero-order chi connectivity index (χ0) is 18.7. The zero-order valence-corrected chi connectivity index (χ0v) is 14.8. The van der Waals surface area contributed by atoms with Crippen LogP contribution in [0, 0.1) is 0 Å². The van der Waals surface area contributed by atoms with Crippen molar-refractivity contribution < 1.29 is 22.7 Å². The molecule has 0 atom stereocenters. The third kappa shape index (κ3) is 9.76. The summed E-state index contributed by atoms with van der Waals surface area (Å²) in [6, 6.07) is 0. The second-order valence-corrected chi connectivity index (χ2v) is 6.57. The van der Waals surface area contributed by atoms with E-state index in [-0.39, 0.29) is 36.4 Å². The van der Waals surface area contributed by atoms with Gasteiger partial charge in [0.25, 0.3) is 16.1 Å². The third-order valence-corrected chi connectivity index (χ3v) is 3.66. The van der Waals surface area contributed by atoms with Gasteiger partial charge < -0.3 is 15.0 Å². The third-order valence-electron chi connectivity index (χ3n) is 3.05. The van der Waals surface area contributed by atoms with E-state index in [1.165, 1.54) is 13.3 Å². The number of H-pyrrole nitrogens is 1. The number of nitrogens with zero attached hydrogens (tertiary/aromatic N) is 1. The largest absolute Gasteiger partial charge is 0.383 e. The van der Waals surface area contributed by atoms with Gasteiger partial charge in [-0.3, -0.25) is 14.9 Å². The van der Waals surface area contributed by atoms with Crippen LogP contribution in [-0.2, 0) is 19.7 Å².